The zero-order valence-electron chi connectivity index (χ0n) is 19.3. The summed E-state index contributed by atoms with van der Waals surface area (Å²) >= 11 is 5.96. The van der Waals surface area contributed by atoms with E-state index in [1.165, 1.54) is 15.6 Å². The molecule has 180 valence electrons. The van der Waals surface area contributed by atoms with Crippen LogP contribution in [0.25, 0.3) is 5.69 Å². The second-order valence-electron chi connectivity index (χ2n) is 8.25. The van der Waals surface area contributed by atoms with Gasteiger partial charge in [0.1, 0.15) is 12.4 Å². The first-order chi connectivity index (χ1) is 16.4. The van der Waals surface area contributed by atoms with E-state index in [1.807, 2.05) is 31.2 Å². The van der Waals surface area contributed by atoms with Crippen LogP contribution in [0.1, 0.15) is 31.1 Å². The van der Waals surface area contributed by atoms with E-state index in [0.29, 0.717) is 35.8 Å². The van der Waals surface area contributed by atoms with Crippen molar-refractivity contribution >= 4 is 23.3 Å². The summed E-state index contributed by atoms with van der Waals surface area (Å²) in [6.45, 7) is 4.70. The number of piperazine rings is 1. The second-order valence-corrected chi connectivity index (χ2v) is 8.68. The van der Waals surface area contributed by atoms with Gasteiger partial charge in [-0.15, -0.1) is 0 Å². The molecule has 3 aromatic rings. The third kappa shape index (κ3) is 4.80. The van der Waals surface area contributed by atoms with Gasteiger partial charge >= 0.3 is 11.7 Å². The molecular formula is C24H29ClN6O3. The Labute approximate surface area is 203 Å². The van der Waals surface area contributed by atoms with Gasteiger partial charge < -0.3 is 20.2 Å². The number of halogens is 1. The van der Waals surface area contributed by atoms with Crippen molar-refractivity contribution in [1.29, 1.82) is 0 Å². The number of hydrogen-bond acceptors (Lipinski definition) is 5. The van der Waals surface area contributed by atoms with Crippen LogP contribution in [0.5, 0.6) is 0 Å². The van der Waals surface area contributed by atoms with Gasteiger partial charge in [0, 0.05) is 43.9 Å². The SMILES string of the molecule is CC[C@H]([C@H](O)c1ccc(Cl)cc1)n1ncn(-c2ccc(N3CCN(C(=O)NC)CC3)cc2)c1=O. The van der Waals surface area contributed by atoms with Crippen LogP contribution in [0, 0.1) is 0 Å². The van der Waals surface area contributed by atoms with Crippen molar-refractivity contribution in [3.63, 3.8) is 0 Å². The van der Waals surface area contributed by atoms with Crippen molar-refractivity contribution < 1.29 is 9.90 Å². The number of urea groups is 1. The van der Waals surface area contributed by atoms with Crippen molar-refractivity contribution in [1.82, 2.24) is 24.6 Å². The Hall–Kier alpha value is -3.30. The van der Waals surface area contributed by atoms with Crippen LogP contribution >= 0.6 is 11.6 Å². The van der Waals surface area contributed by atoms with E-state index < -0.39 is 12.1 Å². The Kier molecular flexibility index (Phi) is 7.23. The van der Waals surface area contributed by atoms with Gasteiger partial charge in [-0.05, 0) is 48.4 Å². The van der Waals surface area contributed by atoms with Crippen LogP contribution in [0.15, 0.2) is 59.7 Å². The lowest BCUT2D eigenvalue weighted by Crippen LogP contribution is -2.51. The number of aromatic nitrogens is 3. The van der Waals surface area contributed by atoms with Crippen LogP contribution in [0.4, 0.5) is 10.5 Å². The molecule has 1 aliphatic heterocycles. The van der Waals surface area contributed by atoms with Crippen molar-refractivity contribution in [2.45, 2.75) is 25.5 Å². The minimum absolute atomic E-state index is 0.0575. The van der Waals surface area contributed by atoms with E-state index in [4.69, 9.17) is 11.6 Å². The zero-order valence-corrected chi connectivity index (χ0v) is 20.0. The first-order valence-electron chi connectivity index (χ1n) is 11.3. The lowest BCUT2D eigenvalue weighted by Gasteiger charge is -2.35. The van der Waals surface area contributed by atoms with Crippen molar-refractivity contribution in [2.24, 2.45) is 0 Å². The smallest absolute Gasteiger partial charge is 0.350 e. The second kappa shape index (κ2) is 10.3. The van der Waals surface area contributed by atoms with Crippen LogP contribution < -0.4 is 15.9 Å². The van der Waals surface area contributed by atoms with Gasteiger partial charge in [-0.3, -0.25) is 0 Å². The molecule has 9 nitrogen and oxygen atoms in total. The lowest BCUT2D eigenvalue weighted by atomic mass is 10.0. The Morgan fingerprint density at radius 2 is 1.68 bits per heavy atom. The fourth-order valence-corrected chi connectivity index (χ4v) is 4.41. The predicted octanol–water partition coefficient (Wildman–Crippen LogP) is 2.83. The largest absolute Gasteiger partial charge is 0.386 e. The zero-order chi connectivity index (χ0) is 24.2. The number of amides is 2. The molecule has 0 saturated carbocycles. The molecule has 2 aromatic carbocycles. The van der Waals surface area contributed by atoms with E-state index >= 15 is 0 Å². The standard InChI is InChI=1S/C24H29ClN6O3/c1-3-21(22(32)17-4-6-18(25)7-5-17)31-24(34)30(16-27-31)20-10-8-19(9-11-20)28-12-14-29(15-13-28)23(33)26-2/h4-11,16,21-22,32H,3,12-15H2,1-2H3,(H,26,33)/t21-,22-/m1/s1. The molecule has 2 atom stereocenters. The third-order valence-corrected chi connectivity index (χ3v) is 6.53. The fraction of sp³-hybridized carbons (Fsp3) is 0.375. The Morgan fingerprint density at radius 3 is 2.26 bits per heavy atom. The monoisotopic (exact) mass is 484 g/mol. The molecule has 1 saturated heterocycles. The van der Waals surface area contributed by atoms with E-state index in [0.717, 1.165) is 18.8 Å². The molecule has 2 heterocycles. The Balaban J connectivity index is 1.49. The molecule has 34 heavy (non-hydrogen) atoms. The number of rotatable bonds is 6. The highest BCUT2D eigenvalue weighted by Gasteiger charge is 2.25. The quantitative estimate of drug-likeness (QED) is 0.561. The summed E-state index contributed by atoms with van der Waals surface area (Å²) in [5.41, 5.74) is 2.09. The maximum Gasteiger partial charge on any atom is 0.350 e. The molecule has 4 rings (SSSR count). The van der Waals surface area contributed by atoms with Gasteiger partial charge in [0.15, 0.2) is 0 Å². The number of hydrogen-bond donors (Lipinski definition) is 2. The topological polar surface area (TPSA) is 95.6 Å². The molecule has 2 N–H and O–H groups in total. The highest BCUT2D eigenvalue weighted by molar-refractivity contribution is 6.30. The molecule has 0 unspecified atom stereocenters. The number of nitrogens with zero attached hydrogens (tertiary/aromatic N) is 5. The molecule has 1 fully saturated rings. The van der Waals surface area contributed by atoms with Crippen LogP contribution in [0.2, 0.25) is 5.02 Å². The van der Waals surface area contributed by atoms with Crippen LogP contribution in [0.3, 0.4) is 0 Å². The molecule has 0 bridgehead atoms. The summed E-state index contributed by atoms with van der Waals surface area (Å²) in [6, 6.07) is 14.1. The normalized spacial score (nSPS) is 15.8. The summed E-state index contributed by atoms with van der Waals surface area (Å²) in [5.74, 6) is 0. The number of anilines is 1. The summed E-state index contributed by atoms with van der Waals surface area (Å²) in [5, 5.41) is 18.4. The first kappa shape index (κ1) is 23.8. The molecule has 0 spiro atoms. The first-order valence-corrected chi connectivity index (χ1v) is 11.7. The van der Waals surface area contributed by atoms with Crippen LogP contribution in [-0.4, -0.2) is 63.6 Å². The highest BCUT2D eigenvalue weighted by atomic mass is 35.5. The summed E-state index contributed by atoms with van der Waals surface area (Å²) < 4.78 is 2.82. The van der Waals surface area contributed by atoms with E-state index in [2.05, 4.69) is 15.3 Å². The molecular weight excluding hydrogens is 456 g/mol. The molecule has 1 aromatic heterocycles. The van der Waals surface area contributed by atoms with Crippen LogP contribution in [-0.2, 0) is 0 Å². The number of nitrogens with one attached hydrogen (secondary N) is 1. The number of benzene rings is 2. The average molecular weight is 485 g/mol. The number of aliphatic hydroxyl groups is 1. The molecule has 1 aliphatic rings. The minimum atomic E-state index is -0.890. The maximum atomic E-state index is 13.2. The van der Waals surface area contributed by atoms with Gasteiger partial charge in [0.25, 0.3) is 0 Å². The summed E-state index contributed by atoms with van der Waals surface area (Å²) in [4.78, 5) is 28.9. The third-order valence-electron chi connectivity index (χ3n) is 6.28. The predicted molar refractivity (Wildman–Crippen MR) is 132 cm³/mol. The van der Waals surface area contributed by atoms with E-state index in [9.17, 15) is 14.7 Å². The Bertz CT molecular complexity index is 1170. The van der Waals surface area contributed by atoms with Crippen molar-refractivity contribution in [3.05, 3.63) is 75.9 Å². The minimum Gasteiger partial charge on any atom is -0.386 e. The number of carbonyl (C=O) groups is 1. The summed E-state index contributed by atoms with van der Waals surface area (Å²) in [6.07, 6.45) is 1.12. The van der Waals surface area contributed by atoms with Gasteiger partial charge in [-0.1, -0.05) is 30.7 Å². The number of aliphatic hydroxyl groups excluding tert-OH is 1. The lowest BCUT2D eigenvalue weighted by molar-refractivity contribution is 0.101. The Morgan fingerprint density at radius 1 is 1.06 bits per heavy atom. The summed E-state index contributed by atoms with van der Waals surface area (Å²) in [7, 11) is 1.64. The maximum absolute atomic E-state index is 13.2. The van der Waals surface area contributed by atoms with Gasteiger partial charge in [-0.2, -0.15) is 5.10 Å². The van der Waals surface area contributed by atoms with Gasteiger partial charge in [0.2, 0.25) is 0 Å². The molecule has 0 radical (unpaired) electrons. The molecule has 0 aliphatic carbocycles. The fourth-order valence-electron chi connectivity index (χ4n) is 4.28. The van der Waals surface area contributed by atoms with E-state index in [1.54, 1.807) is 36.2 Å². The van der Waals surface area contributed by atoms with Gasteiger partial charge in [0.05, 0.1) is 11.7 Å². The van der Waals surface area contributed by atoms with Crippen molar-refractivity contribution in [3.8, 4) is 5.69 Å². The highest BCUT2D eigenvalue weighted by Crippen LogP contribution is 2.28. The molecule has 10 heteroatoms. The average Bonchev–Trinajstić information content (AvgIpc) is 3.25. The van der Waals surface area contributed by atoms with Crippen molar-refractivity contribution in [2.75, 3.05) is 38.1 Å². The number of carbonyl (C=O) groups excluding carboxylic acids is 1. The van der Waals surface area contributed by atoms with Gasteiger partial charge in [-0.25, -0.2) is 18.8 Å². The molecule has 2 amide bonds. The van der Waals surface area contributed by atoms with E-state index in [-0.39, 0.29) is 11.7 Å².